The summed E-state index contributed by atoms with van der Waals surface area (Å²) in [7, 11) is 0. The Morgan fingerprint density at radius 3 is 1.61 bits per heavy atom. The van der Waals surface area contributed by atoms with Gasteiger partial charge in [0, 0.05) is 45.6 Å². The highest BCUT2D eigenvalue weighted by Gasteiger charge is 2.43. The molecule has 0 radical (unpaired) electrons. The molecule has 0 N–H and O–H groups in total. The molecule has 0 amide bonds. The molecule has 10 rings (SSSR count). The van der Waals surface area contributed by atoms with Gasteiger partial charge >= 0.3 is 0 Å². The van der Waals surface area contributed by atoms with Gasteiger partial charge in [-0.1, -0.05) is 189 Å². The second kappa shape index (κ2) is 19.9. The molecule has 0 bridgehead atoms. The zero-order valence-electron chi connectivity index (χ0n) is 43.0. The van der Waals surface area contributed by atoms with Crippen LogP contribution in [0.25, 0.3) is 27.6 Å². The summed E-state index contributed by atoms with van der Waals surface area (Å²) in [5.41, 5.74) is 13.6. The van der Waals surface area contributed by atoms with Crippen molar-refractivity contribution in [2.24, 2.45) is 0 Å². The first kappa shape index (κ1) is 47.6. The molecule has 1 aliphatic rings. The standard InChI is InChI=1S/C66H70N4O/c1-8-39-65(40-9-2,48-24-14-12-15-25-48)56-31-23-32-57(66(41-10-3,42-11-4)49-26-16-13-17-27-49)63(56)69-47-68(59-34-20-21-35-60(59)69)51-28-22-29-52(45-51)71-53-36-37-55-54-30-18-19-33-58(54)70(61(55)46-53)62-44-50(38-43-67-62)64(5,6)7/h12-38,43-46H,8-11,39-42,47H2,1-7H3. The number of anilines is 4. The minimum Gasteiger partial charge on any atom is -0.457 e. The van der Waals surface area contributed by atoms with Gasteiger partial charge < -0.3 is 14.5 Å². The second-order valence-electron chi connectivity index (χ2n) is 20.9. The van der Waals surface area contributed by atoms with Gasteiger partial charge in [-0.05, 0) is 114 Å². The lowest BCUT2D eigenvalue weighted by atomic mass is 9.63. The van der Waals surface area contributed by atoms with Gasteiger partial charge in [0.05, 0.1) is 28.1 Å². The van der Waals surface area contributed by atoms with E-state index >= 15 is 0 Å². The van der Waals surface area contributed by atoms with Gasteiger partial charge in [0.25, 0.3) is 0 Å². The van der Waals surface area contributed by atoms with E-state index in [1.54, 1.807) is 0 Å². The molecule has 0 unspecified atom stereocenters. The zero-order chi connectivity index (χ0) is 49.2. The number of ether oxygens (including phenoxy) is 1. The monoisotopic (exact) mass is 935 g/mol. The Morgan fingerprint density at radius 2 is 1.00 bits per heavy atom. The molecular formula is C66H70N4O. The normalized spacial score (nSPS) is 13.1. The van der Waals surface area contributed by atoms with Crippen molar-refractivity contribution >= 4 is 44.6 Å². The summed E-state index contributed by atoms with van der Waals surface area (Å²) in [6, 6.07) is 67.4. The molecule has 1 aliphatic heterocycles. The maximum absolute atomic E-state index is 6.91. The van der Waals surface area contributed by atoms with Gasteiger partial charge in [-0.25, -0.2) is 4.98 Å². The molecule has 7 aromatic carbocycles. The van der Waals surface area contributed by atoms with Gasteiger partial charge in [0.2, 0.25) is 0 Å². The van der Waals surface area contributed by atoms with Gasteiger partial charge in [-0.3, -0.25) is 4.57 Å². The number of hydrogen-bond donors (Lipinski definition) is 0. The Kier molecular flexibility index (Phi) is 13.4. The van der Waals surface area contributed by atoms with Crippen LogP contribution < -0.4 is 14.5 Å². The molecule has 9 aromatic rings. The van der Waals surface area contributed by atoms with Crippen LogP contribution in [0.4, 0.5) is 22.7 Å². The number of aromatic nitrogens is 2. The van der Waals surface area contributed by atoms with Gasteiger partial charge in [-0.2, -0.15) is 0 Å². The number of rotatable bonds is 17. The molecule has 0 atom stereocenters. The van der Waals surface area contributed by atoms with Gasteiger partial charge in [-0.15, -0.1) is 0 Å². The lowest BCUT2D eigenvalue weighted by molar-refractivity contribution is 0.414. The average molecular weight is 935 g/mol. The van der Waals surface area contributed by atoms with Gasteiger partial charge in [0.15, 0.2) is 0 Å². The van der Waals surface area contributed by atoms with Crippen LogP contribution in [-0.4, -0.2) is 16.2 Å². The lowest BCUT2D eigenvalue weighted by Gasteiger charge is -2.43. The molecule has 0 saturated heterocycles. The Labute approximate surface area is 422 Å². The number of para-hydroxylation sites is 4. The fourth-order valence-corrected chi connectivity index (χ4v) is 12.3. The minimum atomic E-state index is -0.189. The van der Waals surface area contributed by atoms with Crippen LogP contribution in [0.1, 0.15) is 128 Å². The number of benzene rings is 7. The maximum Gasteiger partial charge on any atom is 0.137 e. The Bertz CT molecular complexity index is 3180. The molecular weight excluding hydrogens is 865 g/mol. The Balaban J connectivity index is 1.10. The molecule has 0 aliphatic carbocycles. The highest BCUT2D eigenvalue weighted by Crippen LogP contribution is 2.56. The molecule has 3 heterocycles. The summed E-state index contributed by atoms with van der Waals surface area (Å²) in [6.07, 6.45) is 10.5. The largest absolute Gasteiger partial charge is 0.457 e. The molecule has 5 nitrogen and oxygen atoms in total. The molecule has 360 valence electrons. The highest BCUT2D eigenvalue weighted by molar-refractivity contribution is 6.09. The van der Waals surface area contributed by atoms with Crippen molar-refractivity contribution in [3.63, 3.8) is 0 Å². The lowest BCUT2D eigenvalue weighted by Crippen LogP contribution is -2.36. The first-order chi connectivity index (χ1) is 34.6. The van der Waals surface area contributed by atoms with Crippen molar-refractivity contribution in [1.29, 1.82) is 0 Å². The van der Waals surface area contributed by atoms with Gasteiger partial charge in [0.1, 0.15) is 24.0 Å². The Hall–Kier alpha value is -7.11. The summed E-state index contributed by atoms with van der Waals surface area (Å²) < 4.78 is 9.19. The van der Waals surface area contributed by atoms with Crippen molar-refractivity contribution in [2.45, 2.75) is 116 Å². The van der Waals surface area contributed by atoms with E-state index in [0.29, 0.717) is 6.67 Å². The summed E-state index contributed by atoms with van der Waals surface area (Å²) in [5, 5.41) is 2.36. The zero-order valence-corrected chi connectivity index (χ0v) is 43.0. The summed E-state index contributed by atoms with van der Waals surface area (Å²) in [4.78, 5) is 10.1. The molecule has 0 saturated carbocycles. The number of hydrogen-bond acceptors (Lipinski definition) is 4. The maximum atomic E-state index is 6.91. The van der Waals surface area contributed by atoms with Crippen LogP contribution in [0.3, 0.4) is 0 Å². The number of fused-ring (bicyclic) bond motifs is 4. The molecule has 0 fully saturated rings. The predicted octanol–water partition coefficient (Wildman–Crippen LogP) is 18.3. The fourth-order valence-electron chi connectivity index (χ4n) is 12.3. The topological polar surface area (TPSA) is 33.5 Å². The minimum absolute atomic E-state index is 0.0119. The smallest absolute Gasteiger partial charge is 0.137 e. The van der Waals surface area contributed by atoms with E-state index < -0.39 is 0 Å². The Morgan fingerprint density at radius 1 is 0.465 bits per heavy atom. The van der Waals surface area contributed by atoms with Crippen molar-refractivity contribution in [3.05, 3.63) is 216 Å². The van der Waals surface area contributed by atoms with Crippen LogP contribution >= 0.6 is 0 Å². The predicted molar refractivity (Wildman–Crippen MR) is 300 cm³/mol. The van der Waals surface area contributed by atoms with Crippen LogP contribution in [0.15, 0.2) is 188 Å². The quantitative estimate of drug-likeness (QED) is 0.0911. The second-order valence-corrected chi connectivity index (χ2v) is 20.9. The van der Waals surface area contributed by atoms with E-state index in [4.69, 9.17) is 9.72 Å². The van der Waals surface area contributed by atoms with Crippen molar-refractivity contribution in [2.75, 3.05) is 16.5 Å². The molecule has 2 aromatic heterocycles. The van der Waals surface area contributed by atoms with Crippen molar-refractivity contribution in [1.82, 2.24) is 9.55 Å². The summed E-state index contributed by atoms with van der Waals surface area (Å²) in [6.45, 7) is 16.9. The van der Waals surface area contributed by atoms with E-state index in [1.807, 2.05) is 6.20 Å². The van der Waals surface area contributed by atoms with Crippen LogP contribution in [0.2, 0.25) is 0 Å². The van der Waals surface area contributed by atoms with E-state index in [-0.39, 0.29) is 16.2 Å². The molecule has 71 heavy (non-hydrogen) atoms. The third kappa shape index (κ3) is 8.68. The molecule has 0 spiro atoms. The first-order valence-corrected chi connectivity index (χ1v) is 26.3. The highest BCUT2D eigenvalue weighted by atomic mass is 16.5. The third-order valence-corrected chi connectivity index (χ3v) is 15.3. The first-order valence-electron chi connectivity index (χ1n) is 26.3. The SMILES string of the molecule is CCCC(CCC)(c1ccccc1)c1cccc(C(CCC)(CCC)c2ccccc2)c1N1CN(c2cccc(Oc3ccc4c5ccccc5n(-c5cc(C(C)(C)C)ccn5)c4c3)c2)c2ccccc21. The van der Waals surface area contributed by atoms with Crippen LogP contribution in [0.5, 0.6) is 11.5 Å². The van der Waals surface area contributed by atoms with Crippen molar-refractivity contribution in [3.8, 4) is 17.3 Å². The number of nitrogens with zero attached hydrogens (tertiary/aromatic N) is 4. The number of pyridine rings is 1. The van der Waals surface area contributed by atoms with E-state index in [2.05, 4.69) is 245 Å². The van der Waals surface area contributed by atoms with Crippen molar-refractivity contribution < 1.29 is 4.74 Å². The fraction of sp³-hybridized carbons (Fsp3) is 0.288. The summed E-state index contributed by atoms with van der Waals surface area (Å²) in [5.74, 6) is 2.47. The van der Waals surface area contributed by atoms with E-state index in [0.717, 1.165) is 85.4 Å². The molecule has 5 heteroatoms. The average Bonchev–Trinajstić information content (AvgIpc) is 3.95. The van der Waals surface area contributed by atoms with E-state index in [9.17, 15) is 0 Å². The third-order valence-electron chi connectivity index (χ3n) is 15.3. The van der Waals surface area contributed by atoms with Crippen LogP contribution in [-0.2, 0) is 16.2 Å². The van der Waals surface area contributed by atoms with E-state index in [1.165, 1.54) is 55.7 Å². The van der Waals surface area contributed by atoms with Crippen LogP contribution in [0, 0.1) is 0 Å². The summed E-state index contributed by atoms with van der Waals surface area (Å²) >= 11 is 0.